The summed E-state index contributed by atoms with van der Waals surface area (Å²) in [4.78, 5) is 50.0. The molecule has 1 aliphatic heterocycles. The van der Waals surface area contributed by atoms with Crippen molar-refractivity contribution in [2.24, 2.45) is 0 Å². The Morgan fingerprint density at radius 1 is 1.29 bits per heavy atom. The fourth-order valence-corrected chi connectivity index (χ4v) is 4.90. The van der Waals surface area contributed by atoms with Crippen LogP contribution in [0, 0.1) is 0 Å². The summed E-state index contributed by atoms with van der Waals surface area (Å²) in [5.74, 6) is -2.04. The van der Waals surface area contributed by atoms with Gasteiger partial charge in [0, 0.05) is 33.4 Å². The van der Waals surface area contributed by atoms with Gasteiger partial charge in [-0.2, -0.15) is 0 Å². The maximum atomic E-state index is 12.7. The second kappa shape index (κ2) is 12.3. The van der Waals surface area contributed by atoms with Crippen LogP contribution in [0.1, 0.15) is 56.7 Å². The highest BCUT2D eigenvalue weighted by atomic mass is 35.5. The minimum atomic E-state index is -1.22. The summed E-state index contributed by atoms with van der Waals surface area (Å²) in [6.07, 6.45) is 0.755. The van der Waals surface area contributed by atoms with Crippen molar-refractivity contribution in [3.63, 3.8) is 0 Å². The smallest absolute Gasteiger partial charge is 0.348 e. The summed E-state index contributed by atoms with van der Waals surface area (Å²) in [5, 5.41) is 15.8. The highest BCUT2D eigenvalue weighted by Crippen LogP contribution is 2.30. The lowest BCUT2D eigenvalue weighted by atomic mass is 10.0. The predicted octanol–water partition coefficient (Wildman–Crippen LogP) is 1.57. The third-order valence-electron chi connectivity index (χ3n) is 5.44. The van der Waals surface area contributed by atoms with Crippen LogP contribution in [0.5, 0.6) is 0 Å². The molecule has 3 heterocycles. The van der Waals surface area contributed by atoms with E-state index in [1.54, 1.807) is 0 Å². The van der Waals surface area contributed by atoms with Gasteiger partial charge in [-0.3, -0.25) is 9.59 Å². The number of thiazole rings is 1. The summed E-state index contributed by atoms with van der Waals surface area (Å²) in [6.45, 7) is 5.55. The van der Waals surface area contributed by atoms with E-state index in [9.17, 15) is 19.5 Å². The van der Waals surface area contributed by atoms with E-state index in [1.165, 1.54) is 7.11 Å². The molecule has 0 aliphatic carbocycles. The van der Waals surface area contributed by atoms with Crippen molar-refractivity contribution in [1.29, 1.82) is 0 Å². The van der Waals surface area contributed by atoms with Gasteiger partial charge in [-0.25, -0.2) is 14.8 Å². The Morgan fingerprint density at radius 3 is 2.69 bits per heavy atom. The van der Waals surface area contributed by atoms with Crippen molar-refractivity contribution in [3.05, 3.63) is 27.2 Å². The van der Waals surface area contributed by atoms with Gasteiger partial charge in [0.2, 0.25) is 0 Å². The number of aromatic amines is 1. The van der Waals surface area contributed by atoms with Gasteiger partial charge in [-0.15, -0.1) is 0 Å². The Hall–Kier alpha value is -2.74. The Labute approximate surface area is 211 Å². The fraction of sp³-hybridized carbons (Fsp3) is 0.571. The van der Waals surface area contributed by atoms with Crippen LogP contribution in [0.25, 0.3) is 0 Å². The number of aromatic nitrogens is 3. The van der Waals surface area contributed by atoms with Crippen LogP contribution in [0.15, 0.2) is 0 Å². The Morgan fingerprint density at radius 2 is 2.06 bits per heavy atom. The van der Waals surface area contributed by atoms with Crippen molar-refractivity contribution in [2.75, 3.05) is 44.9 Å². The average Bonchev–Trinajstić information content (AvgIpc) is 3.44. The lowest BCUT2D eigenvalue weighted by Gasteiger charge is -2.38. The van der Waals surface area contributed by atoms with E-state index in [1.807, 2.05) is 18.7 Å². The van der Waals surface area contributed by atoms with Crippen molar-refractivity contribution in [3.8, 4) is 0 Å². The molecular weight excluding hydrogens is 500 g/mol. The number of imidazole rings is 1. The fourth-order valence-electron chi connectivity index (χ4n) is 3.70. The minimum absolute atomic E-state index is 0.139. The molecule has 1 saturated heterocycles. The zero-order valence-corrected chi connectivity index (χ0v) is 21.3. The second-order valence-electron chi connectivity index (χ2n) is 7.74. The number of carbonyl (C=O) groups is 3. The van der Waals surface area contributed by atoms with Crippen LogP contribution < -0.4 is 15.5 Å². The van der Waals surface area contributed by atoms with E-state index in [-0.39, 0.29) is 46.1 Å². The zero-order valence-electron chi connectivity index (χ0n) is 19.7. The van der Waals surface area contributed by atoms with Gasteiger partial charge in [-0.05, 0) is 19.8 Å². The molecular formula is C21H29ClN6O6S. The SMILES string of the molecule is CCO[C@@H]1CN(c2nc(C(=O)NCCOC)c(C(=O)O)s2)CC[C@@H]1NC(=O)c1nc(Cl)c(CC)[nH]1. The van der Waals surface area contributed by atoms with Crippen molar-refractivity contribution < 1.29 is 29.0 Å². The third kappa shape index (κ3) is 6.48. The summed E-state index contributed by atoms with van der Waals surface area (Å²) in [6, 6.07) is -0.302. The van der Waals surface area contributed by atoms with Gasteiger partial charge in [0.1, 0.15) is 4.88 Å². The molecule has 0 bridgehead atoms. The molecule has 2 amide bonds. The molecule has 2 aromatic rings. The number of anilines is 1. The molecule has 0 radical (unpaired) electrons. The van der Waals surface area contributed by atoms with E-state index in [0.29, 0.717) is 50.0 Å². The van der Waals surface area contributed by atoms with E-state index >= 15 is 0 Å². The molecule has 14 heteroatoms. The number of nitrogens with zero attached hydrogens (tertiary/aromatic N) is 3. The van der Waals surface area contributed by atoms with Gasteiger partial charge in [0.25, 0.3) is 11.8 Å². The molecule has 0 saturated carbocycles. The van der Waals surface area contributed by atoms with Gasteiger partial charge in [0.05, 0.1) is 24.4 Å². The van der Waals surface area contributed by atoms with E-state index in [2.05, 4.69) is 25.6 Å². The Balaban J connectivity index is 1.73. The van der Waals surface area contributed by atoms with E-state index in [4.69, 9.17) is 21.1 Å². The Kier molecular flexibility index (Phi) is 9.43. The zero-order chi connectivity index (χ0) is 25.5. The number of hydrogen-bond donors (Lipinski definition) is 4. The number of nitrogens with one attached hydrogen (secondary N) is 3. The molecule has 0 spiro atoms. The number of carboxylic acids is 1. The van der Waals surface area contributed by atoms with E-state index in [0.717, 1.165) is 11.3 Å². The first-order valence-corrected chi connectivity index (χ1v) is 12.4. The summed E-state index contributed by atoms with van der Waals surface area (Å²) in [5.41, 5.74) is 0.548. The number of H-pyrrole nitrogens is 1. The number of methoxy groups -OCH3 is 1. The molecule has 4 N–H and O–H groups in total. The molecule has 2 atom stereocenters. The summed E-state index contributed by atoms with van der Waals surface area (Å²) < 4.78 is 10.8. The quantitative estimate of drug-likeness (QED) is 0.317. The normalized spacial score (nSPS) is 17.9. The molecule has 12 nitrogen and oxygen atoms in total. The average molecular weight is 529 g/mol. The number of rotatable bonds is 11. The van der Waals surface area contributed by atoms with Crippen LogP contribution in [-0.2, 0) is 15.9 Å². The van der Waals surface area contributed by atoms with Crippen LogP contribution in [0.2, 0.25) is 5.15 Å². The van der Waals surface area contributed by atoms with Crippen molar-refractivity contribution in [2.45, 2.75) is 38.8 Å². The molecule has 192 valence electrons. The molecule has 2 aromatic heterocycles. The maximum absolute atomic E-state index is 12.7. The van der Waals surface area contributed by atoms with Crippen LogP contribution >= 0.6 is 22.9 Å². The number of aromatic carboxylic acids is 1. The van der Waals surface area contributed by atoms with Crippen LogP contribution in [0.3, 0.4) is 0 Å². The molecule has 3 rings (SSSR count). The van der Waals surface area contributed by atoms with Gasteiger partial charge in [-0.1, -0.05) is 29.9 Å². The van der Waals surface area contributed by atoms with Crippen molar-refractivity contribution >= 4 is 45.9 Å². The predicted molar refractivity (Wildman–Crippen MR) is 130 cm³/mol. The Bertz CT molecular complexity index is 1060. The summed E-state index contributed by atoms with van der Waals surface area (Å²) >= 11 is 6.99. The first-order chi connectivity index (χ1) is 16.8. The molecule has 1 aliphatic rings. The topological polar surface area (TPSA) is 159 Å². The molecule has 35 heavy (non-hydrogen) atoms. The lowest BCUT2D eigenvalue weighted by molar-refractivity contribution is 0.0271. The minimum Gasteiger partial charge on any atom is -0.477 e. The van der Waals surface area contributed by atoms with Crippen molar-refractivity contribution in [1.82, 2.24) is 25.6 Å². The van der Waals surface area contributed by atoms with Crippen LogP contribution in [0.4, 0.5) is 5.13 Å². The molecule has 1 fully saturated rings. The second-order valence-corrected chi connectivity index (χ2v) is 9.08. The number of piperidine rings is 1. The van der Waals surface area contributed by atoms with Crippen LogP contribution in [-0.4, -0.2) is 89.9 Å². The largest absolute Gasteiger partial charge is 0.477 e. The number of amides is 2. The maximum Gasteiger partial charge on any atom is 0.348 e. The highest BCUT2D eigenvalue weighted by molar-refractivity contribution is 7.17. The first-order valence-electron chi connectivity index (χ1n) is 11.2. The number of ether oxygens (including phenoxy) is 2. The number of hydrogen-bond acceptors (Lipinski definition) is 9. The first kappa shape index (κ1) is 26.9. The number of carbonyl (C=O) groups excluding carboxylic acids is 2. The summed E-state index contributed by atoms with van der Waals surface area (Å²) in [7, 11) is 1.50. The lowest BCUT2D eigenvalue weighted by Crippen LogP contribution is -2.55. The number of carboxylic acid groups (broad SMARTS) is 1. The standard InChI is InChI=1S/C21H29ClN6O6S/c1-4-11-16(22)27-17(24-11)19(30)25-12-6-8-28(10-13(12)34-5-2)21-26-14(15(35-21)20(31)32)18(29)23-7-9-33-3/h12-13H,4-10H2,1-3H3,(H,23,29)(H,24,27)(H,25,30)(H,31,32)/t12-,13+/m0/s1. The van der Waals surface area contributed by atoms with E-state index < -0.39 is 11.9 Å². The highest BCUT2D eigenvalue weighted by Gasteiger charge is 2.34. The van der Waals surface area contributed by atoms with Gasteiger partial charge >= 0.3 is 5.97 Å². The monoisotopic (exact) mass is 528 g/mol. The van der Waals surface area contributed by atoms with Gasteiger partial charge < -0.3 is 35.1 Å². The molecule has 0 aromatic carbocycles. The third-order valence-corrected chi connectivity index (χ3v) is 6.86. The van der Waals surface area contributed by atoms with Gasteiger partial charge in [0.15, 0.2) is 21.8 Å². The number of halogens is 1. The number of aryl methyl sites for hydroxylation is 1. The molecule has 0 unspecified atom stereocenters.